The number of methoxy groups -OCH3 is 1. The van der Waals surface area contributed by atoms with Crippen LogP contribution < -0.4 is 10.5 Å². The fourth-order valence-corrected chi connectivity index (χ4v) is 3.46. The second-order valence-corrected chi connectivity index (χ2v) is 5.96. The highest BCUT2D eigenvalue weighted by atomic mass is 16.5. The molecule has 0 spiro atoms. The van der Waals surface area contributed by atoms with Gasteiger partial charge in [-0.15, -0.1) is 0 Å². The average molecular weight is 277 g/mol. The number of pyridine rings is 1. The second-order valence-electron chi connectivity index (χ2n) is 5.96. The van der Waals surface area contributed by atoms with Crippen LogP contribution in [0.5, 0.6) is 5.75 Å². The lowest BCUT2D eigenvalue weighted by atomic mass is 10.0. The summed E-state index contributed by atoms with van der Waals surface area (Å²) < 4.78 is 5.49. The Hall–Kier alpha value is -1.13. The maximum atomic E-state index is 5.89. The van der Waals surface area contributed by atoms with Gasteiger partial charge in [-0.2, -0.15) is 0 Å². The van der Waals surface area contributed by atoms with Crippen molar-refractivity contribution in [2.45, 2.75) is 45.7 Å². The Morgan fingerprint density at radius 2 is 2.15 bits per heavy atom. The molecular weight excluding hydrogens is 250 g/mol. The van der Waals surface area contributed by atoms with Gasteiger partial charge in [-0.1, -0.05) is 6.42 Å². The first-order valence-electron chi connectivity index (χ1n) is 7.47. The minimum absolute atomic E-state index is 0.591. The number of hydrogen-bond acceptors (Lipinski definition) is 4. The molecule has 1 saturated carbocycles. The molecule has 2 atom stereocenters. The second kappa shape index (κ2) is 6.55. The SMILES string of the molecule is COc1c(C)cnc(CN(C)C2CCCC2CN)c1C. The van der Waals surface area contributed by atoms with Crippen LogP contribution in [0.25, 0.3) is 0 Å². The third-order valence-electron chi connectivity index (χ3n) is 4.64. The van der Waals surface area contributed by atoms with Crippen molar-refractivity contribution in [2.24, 2.45) is 11.7 Å². The first-order chi connectivity index (χ1) is 9.58. The minimum atomic E-state index is 0.591. The summed E-state index contributed by atoms with van der Waals surface area (Å²) in [6.07, 6.45) is 5.71. The zero-order chi connectivity index (χ0) is 14.7. The van der Waals surface area contributed by atoms with Crippen molar-refractivity contribution in [1.82, 2.24) is 9.88 Å². The van der Waals surface area contributed by atoms with E-state index < -0.39 is 0 Å². The summed E-state index contributed by atoms with van der Waals surface area (Å²) in [7, 11) is 3.91. The summed E-state index contributed by atoms with van der Waals surface area (Å²) in [6.45, 7) is 5.78. The van der Waals surface area contributed by atoms with Crippen LogP contribution in [0.15, 0.2) is 6.20 Å². The summed E-state index contributed by atoms with van der Waals surface area (Å²) in [6, 6.07) is 0.591. The third kappa shape index (κ3) is 2.96. The minimum Gasteiger partial charge on any atom is -0.496 e. The lowest BCUT2D eigenvalue weighted by Gasteiger charge is -2.29. The highest BCUT2D eigenvalue weighted by Crippen LogP contribution is 2.30. The van der Waals surface area contributed by atoms with Crippen LogP contribution in [-0.4, -0.2) is 36.6 Å². The average Bonchev–Trinajstić information content (AvgIpc) is 2.91. The van der Waals surface area contributed by atoms with Crippen LogP contribution in [0.1, 0.15) is 36.1 Å². The standard InChI is InChI=1S/C16H27N3O/c1-11-9-18-14(12(2)16(11)20-4)10-19(3)15-7-5-6-13(15)8-17/h9,13,15H,5-8,10,17H2,1-4H3. The van der Waals surface area contributed by atoms with Crippen LogP contribution in [0.2, 0.25) is 0 Å². The van der Waals surface area contributed by atoms with Crippen LogP contribution in [-0.2, 0) is 6.54 Å². The molecule has 1 heterocycles. The Labute approximate surface area is 122 Å². The molecule has 0 aliphatic heterocycles. The molecule has 0 saturated heterocycles. The number of nitrogens with two attached hydrogens (primary N) is 1. The molecular formula is C16H27N3O. The van der Waals surface area contributed by atoms with Crippen LogP contribution in [0.4, 0.5) is 0 Å². The van der Waals surface area contributed by atoms with Crippen molar-refractivity contribution in [1.29, 1.82) is 0 Å². The van der Waals surface area contributed by atoms with Gasteiger partial charge in [-0.25, -0.2) is 0 Å². The zero-order valence-electron chi connectivity index (χ0n) is 13.1. The Kier molecular flexibility index (Phi) is 5.00. The smallest absolute Gasteiger partial charge is 0.128 e. The number of aryl methyl sites for hydroxylation is 1. The van der Waals surface area contributed by atoms with Gasteiger partial charge in [0.15, 0.2) is 0 Å². The van der Waals surface area contributed by atoms with E-state index in [2.05, 4.69) is 23.9 Å². The van der Waals surface area contributed by atoms with E-state index in [4.69, 9.17) is 10.5 Å². The molecule has 1 aromatic heterocycles. The van der Waals surface area contributed by atoms with Gasteiger partial charge in [0.2, 0.25) is 0 Å². The molecule has 112 valence electrons. The van der Waals surface area contributed by atoms with Gasteiger partial charge in [0.25, 0.3) is 0 Å². The molecule has 1 aliphatic rings. The Morgan fingerprint density at radius 1 is 1.40 bits per heavy atom. The molecule has 2 rings (SSSR count). The lowest BCUT2D eigenvalue weighted by Crippen LogP contribution is -2.37. The van der Waals surface area contributed by atoms with Crippen molar-refractivity contribution in [3.63, 3.8) is 0 Å². The van der Waals surface area contributed by atoms with E-state index in [0.29, 0.717) is 12.0 Å². The summed E-state index contributed by atoms with van der Waals surface area (Å²) in [5.74, 6) is 1.60. The number of ether oxygens (including phenoxy) is 1. The molecule has 2 N–H and O–H groups in total. The van der Waals surface area contributed by atoms with Gasteiger partial charge in [-0.3, -0.25) is 9.88 Å². The molecule has 20 heavy (non-hydrogen) atoms. The molecule has 1 aliphatic carbocycles. The van der Waals surface area contributed by atoms with Crippen LogP contribution in [0.3, 0.4) is 0 Å². The first-order valence-corrected chi connectivity index (χ1v) is 7.47. The topological polar surface area (TPSA) is 51.4 Å². The molecule has 4 nitrogen and oxygen atoms in total. The van der Waals surface area contributed by atoms with E-state index in [0.717, 1.165) is 35.7 Å². The van der Waals surface area contributed by atoms with Gasteiger partial charge in [0.1, 0.15) is 5.75 Å². The molecule has 0 radical (unpaired) electrons. The third-order valence-corrected chi connectivity index (χ3v) is 4.64. The van der Waals surface area contributed by atoms with Gasteiger partial charge >= 0.3 is 0 Å². The van der Waals surface area contributed by atoms with E-state index in [9.17, 15) is 0 Å². The predicted octanol–water partition coefficient (Wildman–Crippen LogP) is 2.27. The maximum absolute atomic E-state index is 5.89. The van der Waals surface area contributed by atoms with Crippen molar-refractivity contribution in [2.75, 3.05) is 20.7 Å². The Balaban J connectivity index is 2.13. The number of rotatable bonds is 5. The zero-order valence-corrected chi connectivity index (χ0v) is 13.1. The first kappa shape index (κ1) is 15.3. The van der Waals surface area contributed by atoms with E-state index in [1.807, 2.05) is 13.1 Å². The predicted molar refractivity (Wildman–Crippen MR) is 81.9 cm³/mol. The Morgan fingerprint density at radius 3 is 2.80 bits per heavy atom. The van der Waals surface area contributed by atoms with Gasteiger partial charge in [0, 0.05) is 29.9 Å². The van der Waals surface area contributed by atoms with Crippen molar-refractivity contribution < 1.29 is 4.74 Å². The maximum Gasteiger partial charge on any atom is 0.128 e. The molecule has 4 heteroatoms. The fraction of sp³-hybridized carbons (Fsp3) is 0.688. The molecule has 1 fully saturated rings. The molecule has 1 aromatic rings. The van der Waals surface area contributed by atoms with E-state index in [1.165, 1.54) is 19.3 Å². The summed E-state index contributed by atoms with van der Waals surface area (Å²) in [5.41, 5.74) is 9.25. The summed E-state index contributed by atoms with van der Waals surface area (Å²) in [5, 5.41) is 0. The number of nitrogens with zero attached hydrogens (tertiary/aromatic N) is 2. The normalized spacial score (nSPS) is 22.5. The largest absolute Gasteiger partial charge is 0.496 e. The van der Waals surface area contributed by atoms with Crippen molar-refractivity contribution in [3.8, 4) is 5.75 Å². The van der Waals surface area contributed by atoms with Gasteiger partial charge < -0.3 is 10.5 Å². The number of hydrogen-bond donors (Lipinski definition) is 1. The molecule has 2 unspecified atom stereocenters. The Bertz CT molecular complexity index is 461. The molecule has 0 amide bonds. The van der Waals surface area contributed by atoms with Crippen molar-refractivity contribution >= 4 is 0 Å². The monoisotopic (exact) mass is 277 g/mol. The summed E-state index contributed by atoms with van der Waals surface area (Å²) >= 11 is 0. The molecule has 0 aromatic carbocycles. The van der Waals surface area contributed by atoms with Crippen LogP contribution in [0, 0.1) is 19.8 Å². The van der Waals surface area contributed by atoms with E-state index >= 15 is 0 Å². The highest BCUT2D eigenvalue weighted by molar-refractivity contribution is 5.41. The van der Waals surface area contributed by atoms with E-state index in [1.54, 1.807) is 7.11 Å². The van der Waals surface area contributed by atoms with Gasteiger partial charge in [0.05, 0.1) is 12.8 Å². The van der Waals surface area contributed by atoms with E-state index in [-0.39, 0.29) is 0 Å². The highest BCUT2D eigenvalue weighted by Gasteiger charge is 2.29. The summed E-state index contributed by atoms with van der Waals surface area (Å²) in [4.78, 5) is 7.01. The van der Waals surface area contributed by atoms with Gasteiger partial charge in [-0.05, 0) is 46.2 Å². The number of aromatic nitrogens is 1. The lowest BCUT2D eigenvalue weighted by molar-refractivity contribution is 0.190. The fourth-order valence-electron chi connectivity index (χ4n) is 3.46. The molecule has 0 bridgehead atoms. The quantitative estimate of drug-likeness (QED) is 0.897. The van der Waals surface area contributed by atoms with Crippen LogP contribution >= 0.6 is 0 Å². The van der Waals surface area contributed by atoms with Crippen molar-refractivity contribution in [3.05, 3.63) is 23.0 Å².